The maximum Gasteiger partial charge on any atom is 0.246 e. The summed E-state index contributed by atoms with van der Waals surface area (Å²) in [5.74, 6) is 2.38. The average molecular weight is 383 g/mol. The maximum absolute atomic E-state index is 12.2. The van der Waals surface area contributed by atoms with Gasteiger partial charge < -0.3 is 24.1 Å². The first-order valence-electron chi connectivity index (χ1n) is 8.58. The van der Waals surface area contributed by atoms with Crippen molar-refractivity contribution in [2.75, 3.05) is 21.3 Å². The normalized spacial score (nSPS) is 10.4. The molecule has 0 spiro atoms. The molecular formula is C20H21N3O5. The minimum absolute atomic E-state index is 0.133. The molecule has 0 saturated heterocycles. The van der Waals surface area contributed by atoms with Gasteiger partial charge in [-0.3, -0.25) is 4.79 Å². The summed E-state index contributed by atoms with van der Waals surface area (Å²) in [7, 11) is 4.70. The summed E-state index contributed by atoms with van der Waals surface area (Å²) in [5, 5.41) is 6.72. The molecule has 0 bridgehead atoms. The van der Waals surface area contributed by atoms with Crippen LogP contribution in [0.2, 0.25) is 0 Å². The smallest absolute Gasteiger partial charge is 0.246 e. The highest BCUT2D eigenvalue weighted by molar-refractivity contribution is 5.79. The van der Waals surface area contributed by atoms with Crippen molar-refractivity contribution >= 4 is 5.91 Å². The van der Waals surface area contributed by atoms with E-state index in [-0.39, 0.29) is 18.9 Å². The molecule has 0 atom stereocenters. The van der Waals surface area contributed by atoms with E-state index in [2.05, 4.69) is 15.5 Å². The van der Waals surface area contributed by atoms with Crippen LogP contribution in [0.3, 0.4) is 0 Å². The fourth-order valence-electron chi connectivity index (χ4n) is 2.68. The Kier molecular flexibility index (Phi) is 6.11. The number of para-hydroxylation sites is 1. The summed E-state index contributed by atoms with van der Waals surface area (Å²) >= 11 is 0. The first-order chi connectivity index (χ1) is 13.6. The van der Waals surface area contributed by atoms with Crippen LogP contribution in [-0.2, 0) is 17.8 Å². The second-order valence-corrected chi connectivity index (χ2v) is 5.85. The Labute approximate surface area is 162 Å². The number of rotatable bonds is 8. The van der Waals surface area contributed by atoms with E-state index in [1.807, 2.05) is 24.3 Å². The number of carbonyl (C=O) groups is 1. The number of benzene rings is 2. The highest BCUT2D eigenvalue weighted by atomic mass is 16.5. The van der Waals surface area contributed by atoms with Crippen molar-refractivity contribution in [3.63, 3.8) is 0 Å². The summed E-state index contributed by atoms with van der Waals surface area (Å²) in [6.07, 6.45) is 0.195. The third-order valence-electron chi connectivity index (χ3n) is 4.09. The van der Waals surface area contributed by atoms with Gasteiger partial charge in [-0.05, 0) is 24.3 Å². The SMILES string of the molecule is COc1ccccc1CC(=O)NCc1nc(-c2ccc(OC)c(OC)c2)no1. The topological polar surface area (TPSA) is 95.7 Å². The lowest BCUT2D eigenvalue weighted by Crippen LogP contribution is -2.24. The monoisotopic (exact) mass is 383 g/mol. The number of carbonyl (C=O) groups excluding carboxylic acids is 1. The molecule has 0 fully saturated rings. The molecule has 0 radical (unpaired) electrons. The van der Waals surface area contributed by atoms with Crippen molar-refractivity contribution in [1.82, 2.24) is 15.5 Å². The molecule has 0 aliphatic rings. The zero-order valence-corrected chi connectivity index (χ0v) is 15.9. The molecule has 2 aromatic carbocycles. The molecule has 0 aliphatic carbocycles. The number of amides is 1. The molecule has 0 aliphatic heterocycles. The van der Waals surface area contributed by atoms with Crippen LogP contribution >= 0.6 is 0 Å². The van der Waals surface area contributed by atoms with E-state index in [4.69, 9.17) is 18.7 Å². The average Bonchev–Trinajstić information content (AvgIpc) is 3.21. The van der Waals surface area contributed by atoms with Crippen LogP contribution in [0.25, 0.3) is 11.4 Å². The van der Waals surface area contributed by atoms with Crippen LogP contribution in [0.1, 0.15) is 11.5 Å². The minimum Gasteiger partial charge on any atom is -0.496 e. The standard InChI is InChI=1S/C20H21N3O5/c1-25-15-7-5-4-6-13(15)11-18(24)21-12-19-22-20(23-28-19)14-8-9-16(26-2)17(10-14)27-3/h4-10H,11-12H2,1-3H3,(H,21,24). The van der Waals surface area contributed by atoms with Gasteiger partial charge in [-0.1, -0.05) is 23.4 Å². The lowest BCUT2D eigenvalue weighted by Gasteiger charge is -2.08. The highest BCUT2D eigenvalue weighted by Crippen LogP contribution is 2.31. The van der Waals surface area contributed by atoms with Crippen molar-refractivity contribution in [1.29, 1.82) is 0 Å². The quantitative estimate of drug-likeness (QED) is 0.639. The summed E-state index contributed by atoms with van der Waals surface area (Å²) < 4.78 is 21.0. The van der Waals surface area contributed by atoms with E-state index in [1.165, 1.54) is 0 Å². The van der Waals surface area contributed by atoms with E-state index in [0.29, 0.717) is 34.5 Å². The molecule has 0 unspecified atom stereocenters. The first kappa shape index (κ1) is 19.2. The number of nitrogens with one attached hydrogen (secondary N) is 1. The molecule has 8 nitrogen and oxygen atoms in total. The molecule has 28 heavy (non-hydrogen) atoms. The Morgan fingerprint density at radius 2 is 1.75 bits per heavy atom. The molecule has 1 aromatic heterocycles. The maximum atomic E-state index is 12.2. The molecule has 1 N–H and O–H groups in total. The Morgan fingerprint density at radius 1 is 1.00 bits per heavy atom. The van der Waals surface area contributed by atoms with Crippen LogP contribution in [0.15, 0.2) is 47.0 Å². The van der Waals surface area contributed by atoms with Crippen LogP contribution in [-0.4, -0.2) is 37.4 Å². The van der Waals surface area contributed by atoms with Crippen molar-refractivity contribution < 1.29 is 23.5 Å². The molecule has 3 rings (SSSR count). The van der Waals surface area contributed by atoms with Gasteiger partial charge in [-0.25, -0.2) is 0 Å². The van der Waals surface area contributed by atoms with Crippen LogP contribution in [0.4, 0.5) is 0 Å². The Hall–Kier alpha value is -3.55. The molecule has 8 heteroatoms. The lowest BCUT2D eigenvalue weighted by atomic mass is 10.1. The fraction of sp³-hybridized carbons (Fsp3) is 0.250. The van der Waals surface area contributed by atoms with E-state index in [9.17, 15) is 4.79 Å². The largest absolute Gasteiger partial charge is 0.496 e. The Bertz CT molecular complexity index is 955. The molecule has 1 heterocycles. The van der Waals surface area contributed by atoms with E-state index in [1.54, 1.807) is 39.5 Å². The first-order valence-corrected chi connectivity index (χ1v) is 8.58. The van der Waals surface area contributed by atoms with Gasteiger partial charge in [-0.2, -0.15) is 4.98 Å². The molecule has 146 valence electrons. The zero-order chi connectivity index (χ0) is 19.9. The molecular weight excluding hydrogens is 362 g/mol. The van der Waals surface area contributed by atoms with E-state index in [0.717, 1.165) is 5.56 Å². The summed E-state index contributed by atoms with van der Waals surface area (Å²) in [6.45, 7) is 0.133. The van der Waals surface area contributed by atoms with Gasteiger partial charge in [-0.15, -0.1) is 0 Å². The summed E-state index contributed by atoms with van der Waals surface area (Å²) in [4.78, 5) is 16.5. The van der Waals surface area contributed by atoms with Gasteiger partial charge in [0, 0.05) is 11.1 Å². The second kappa shape index (κ2) is 8.90. The molecule has 0 saturated carbocycles. The number of hydrogen-bond acceptors (Lipinski definition) is 7. The van der Waals surface area contributed by atoms with Crippen molar-refractivity contribution in [2.24, 2.45) is 0 Å². The predicted molar refractivity (Wildman–Crippen MR) is 101 cm³/mol. The van der Waals surface area contributed by atoms with Crippen molar-refractivity contribution in [3.05, 3.63) is 53.9 Å². The van der Waals surface area contributed by atoms with Gasteiger partial charge in [0.05, 0.1) is 34.3 Å². The number of nitrogens with zero attached hydrogens (tertiary/aromatic N) is 2. The van der Waals surface area contributed by atoms with Gasteiger partial charge in [0.2, 0.25) is 17.6 Å². The third kappa shape index (κ3) is 4.40. The number of hydrogen-bond donors (Lipinski definition) is 1. The van der Waals surface area contributed by atoms with Gasteiger partial charge in [0.15, 0.2) is 11.5 Å². The van der Waals surface area contributed by atoms with E-state index < -0.39 is 0 Å². The van der Waals surface area contributed by atoms with Gasteiger partial charge >= 0.3 is 0 Å². The zero-order valence-electron chi connectivity index (χ0n) is 15.9. The molecule has 1 amide bonds. The number of methoxy groups -OCH3 is 3. The second-order valence-electron chi connectivity index (χ2n) is 5.85. The van der Waals surface area contributed by atoms with Crippen LogP contribution < -0.4 is 19.5 Å². The lowest BCUT2D eigenvalue weighted by molar-refractivity contribution is -0.120. The van der Waals surface area contributed by atoms with Crippen LogP contribution in [0, 0.1) is 0 Å². The number of ether oxygens (including phenoxy) is 3. The Morgan fingerprint density at radius 3 is 2.50 bits per heavy atom. The minimum atomic E-state index is -0.171. The summed E-state index contributed by atoms with van der Waals surface area (Å²) in [5.41, 5.74) is 1.52. The molecule has 3 aromatic rings. The fourth-order valence-corrected chi connectivity index (χ4v) is 2.68. The Balaban J connectivity index is 1.62. The van der Waals surface area contributed by atoms with Gasteiger partial charge in [0.1, 0.15) is 5.75 Å². The number of aromatic nitrogens is 2. The van der Waals surface area contributed by atoms with Gasteiger partial charge in [0.25, 0.3) is 0 Å². The van der Waals surface area contributed by atoms with Crippen LogP contribution in [0.5, 0.6) is 17.2 Å². The van der Waals surface area contributed by atoms with Crippen molar-refractivity contribution in [3.8, 4) is 28.6 Å². The van der Waals surface area contributed by atoms with E-state index >= 15 is 0 Å². The highest BCUT2D eigenvalue weighted by Gasteiger charge is 2.13. The predicted octanol–water partition coefficient (Wildman–Crippen LogP) is 2.62. The third-order valence-corrected chi connectivity index (χ3v) is 4.09. The summed E-state index contributed by atoms with van der Waals surface area (Å²) in [6, 6.07) is 12.7. The van der Waals surface area contributed by atoms with Crippen molar-refractivity contribution in [2.45, 2.75) is 13.0 Å².